The van der Waals surface area contributed by atoms with Gasteiger partial charge in [-0.3, -0.25) is 0 Å². The molecule has 14 heavy (non-hydrogen) atoms. The van der Waals surface area contributed by atoms with Gasteiger partial charge in [0.15, 0.2) is 0 Å². The van der Waals surface area contributed by atoms with Gasteiger partial charge in [0.05, 0.1) is 13.2 Å². The van der Waals surface area contributed by atoms with E-state index in [9.17, 15) is 4.20 Å². The van der Waals surface area contributed by atoms with Crippen LogP contribution < -0.4 is 0 Å². The summed E-state index contributed by atoms with van der Waals surface area (Å²) in [6.45, 7) is 5.20. The van der Waals surface area contributed by atoms with Gasteiger partial charge in [-0.2, -0.15) is 4.20 Å². The molecule has 0 fully saturated rings. The Kier molecular flexibility index (Phi) is 11.6. The highest BCUT2D eigenvalue weighted by Crippen LogP contribution is 2.39. The van der Waals surface area contributed by atoms with Crippen molar-refractivity contribution in [2.75, 3.05) is 13.2 Å². The van der Waals surface area contributed by atoms with E-state index in [2.05, 4.69) is 13.8 Å². The highest BCUT2D eigenvalue weighted by atomic mass is 31.2. The molecular weight excluding hydrogens is 202 g/mol. The van der Waals surface area contributed by atoms with Crippen LogP contribution in [0.1, 0.15) is 52.4 Å². The first-order valence-electron chi connectivity index (χ1n) is 5.53. The van der Waals surface area contributed by atoms with E-state index in [1.54, 1.807) is 0 Å². The highest BCUT2D eigenvalue weighted by molar-refractivity contribution is 7.41. The summed E-state index contributed by atoms with van der Waals surface area (Å²) < 4.78 is 22.7. The fourth-order valence-corrected chi connectivity index (χ4v) is 1.63. The zero-order valence-corrected chi connectivity index (χ0v) is 10.2. The third kappa shape index (κ3) is 10.4. The van der Waals surface area contributed by atoms with E-state index < -0.39 is 8.69 Å². The van der Waals surface area contributed by atoms with E-state index in [0.29, 0.717) is 13.2 Å². The van der Waals surface area contributed by atoms with Gasteiger partial charge in [0, 0.05) is 0 Å². The predicted octanol–water partition coefficient (Wildman–Crippen LogP) is 4.60. The third-order valence-electron chi connectivity index (χ3n) is 1.88. The maximum absolute atomic E-state index is 12.9. The fraction of sp³-hybridized carbons (Fsp3) is 1.00. The second kappa shape index (κ2) is 11.4. The predicted molar refractivity (Wildman–Crippen MR) is 59.0 cm³/mol. The summed E-state index contributed by atoms with van der Waals surface area (Å²) in [6.07, 6.45) is 6.31. The monoisotopic (exact) mass is 224 g/mol. The SMILES string of the molecule is CCCCCOP(F)OCCCCC. The Hall–Kier alpha value is 0.280. The lowest BCUT2D eigenvalue weighted by Crippen LogP contribution is -1.92. The van der Waals surface area contributed by atoms with Crippen molar-refractivity contribution in [1.82, 2.24) is 0 Å². The quantitative estimate of drug-likeness (QED) is 0.399. The first kappa shape index (κ1) is 14.3. The Morgan fingerprint density at radius 3 is 1.64 bits per heavy atom. The molecule has 0 radical (unpaired) electrons. The highest BCUT2D eigenvalue weighted by Gasteiger charge is 2.07. The van der Waals surface area contributed by atoms with Crippen LogP contribution in [0.3, 0.4) is 0 Å². The molecule has 0 bridgehead atoms. The van der Waals surface area contributed by atoms with E-state index in [4.69, 9.17) is 9.05 Å². The van der Waals surface area contributed by atoms with Crippen LogP contribution >= 0.6 is 8.69 Å². The molecule has 0 N–H and O–H groups in total. The molecule has 0 aliphatic carbocycles. The summed E-state index contributed by atoms with van der Waals surface area (Å²) in [4.78, 5) is 0. The van der Waals surface area contributed by atoms with E-state index in [1.165, 1.54) is 0 Å². The normalized spacial score (nSPS) is 11.1. The number of halogens is 1. The Morgan fingerprint density at radius 1 is 0.857 bits per heavy atom. The summed E-state index contributed by atoms with van der Waals surface area (Å²) >= 11 is 0. The van der Waals surface area contributed by atoms with Crippen molar-refractivity contribution in [1.29, 1.82) is 0 Å². The average Bonchev–Trinajstić information content (AvgIpc) is 2.19. The summed E-state index contributed by atoms with van der Waals surface area (Å²) in [5, 5.41) is 0. The third-order valence-corrected chi connectivity index (χ3v) is 2.65. The fourth-order valence-electron chi connectivity index (χ4n) is 1.01. The second-order valence-corrected chi connectivity index (χ2v) is 4.23. The molecule has 0 saturated carbocycles. The van der Waals surface area contributed by atoms with Gasteiger partial charge in [0.25, 0.3) is 0 Å². The smallest absolute Gasteiger partial charge is 0.309 e. The molecule has 0 unspecified atom stereocenters. The van der Waals surface area contributed by atoms with Crippen molar-refractivity contribution >= 4 is 8.69 Å². The summed E-state index contributed by atoms with van der Waals surface area (Å²) in [5.74, 6) is 0. The van der Waals surface area contributed by atoms with E-state index in [-0.39, 0.29) is 0 Å². The van der Waals surface area contributed by atoms with Crippen LogP contribution in [0.4, 0.5) is 4.20 Å². The topological polar surface area (TPSA) is 18.5 Å². The molecule has 0 amide bonds. The van der Waals surface area contributed by atoms with E-state index in [0.717, 1.165) is 38.5 Å². The molecule has 0 spiro atoms. The zero-order valence-electron chi connectivity index (χ0n) is 9.30. The molecule has 0 aromatic heterocycles. The number of unbranched alkanes of at least 4 members (excludes halogenated alkanes) is 4. The van der Waals surface area contributed by atoms with Gasteiger partial charge < -0.3 is 9.05 Å². The van der Waals surface area contributed by atoms with Crippen LogP contribution in [0, 0.1) is 0 Å². The standard InChI is InChI=1S/C10H22FO2P/c1-3-5-7-9-12-14(11)13-10-8-6-4-2/h3-10H2,1-2H3. The second-order valence-electron chi connectivity index (χ2n) is 3.29. The lowest BCUT2D eigenvalue weighted by atomic mass is 10.3. The average molecular weight is 224 g/mol. The molecule has 0 atom stereocenters. The molecule has 0 rings (SSSR count). The lowest BCUT2D eigenvalue weighted by molar-refractivity contribution is 0.216. The minimum atomic E-state index is -2.11. The first-order chi connectivity index (χ1) is 6.81. The van der Waals surface area contributed by atoms with Crippen LogP contribution in [0.25, 0.3) is 0 Å². The Morgan fingerprint density at radius 2 is 1.29 bits per heavy atom. The minimum absolute atomic E-state index is 0.490. The molecule has 2 nitrogen and oxygen atoms in total. The lowest BCUT2D eigenvalue weighted by Gasteiger charge is -2.07. The van der Waals surface area contributed by atoms with Gasteiger partial charge in [0.2, 0.25) is 0 Å². The molecule has 0 aromatic rings. The summed E-state index contributed by atoms with van der Waals surface area (Å²) in [5.41, 5.74) is 0. The van der Waals surface area contributed by atoms with Crippen LogP contribution in [-0.4, -0.2) is 13.2 Å². The van der Waals surface area contributed by atoms with Gasteiger partial charge in [0.1, 0.15) is 0 Å². The minimum Gasteiger partial charge on any atom is -0.309 e. The molecule has 0 aliphatic heterocycles. The zero-order chi connectivity index (χ0) is 10.6. The molecule has 4 heteroatoms. The molecular formula is C10H22FO2P. The van der Waals surface area contributed by atoms with Crippen molar-refractivity contribution in [2.45, 2.75) is 52.4 Å². The van der Waals surface area contributed by atoms with Crippen molar-refractivity contribution in [2.24, 2.45) is 0 Å². The Labute approximate surface area is 88.2 Å². The van der Waals surface area contributed by atoms with E-state index in [1.807, 2.05) is 0 Å². The van der Waals surface area contributed by atoms with E-state index >= 15 is 0 Å². The first-order valence-corrected chi connectivity index (χ1v) is 6.59. The van der Waals surface area contributed by atoms with Gasteiger partial charge in [-0.25, -0.2) is 0 Å². The maximum Gasteiger partial charge on any atom is 0.374 e. The molecule has 86 valence electrons. The van der Waals surface area contributed by atoms with Crippen molar-refractivity contribution < 1.29 is 13.2 Å². The van der Waals surface area contributed by atoms with Gasteiger partial charge in [-0.05, 0) is 12.8 Å². The summed E-state index contributed by atoms with van der Waals surface area (Å²) in [6, 6.07) is 0. The van der Waals surface area contributed by atoms with Crippen LogP contribution in [0.2, 0.25) is 0 Å². The van der Waals surface area contributed by atoms with Gasteiger partial charge in [-0.1, -0.05) is 39.5 Å². The van der Waals surface area contributed by atoms with Crippen LogP contribution in [-0.2, 0) is 9.05 Å². The van der Waals surface area contributed by atoms with Crippen molar-refractivity contribution in [3.05, 3.63) is 0 Å². The largest absolute Gasteiger partial charge is 0.374 e. The Bertz CT molecular complexity index is 102. The van der Waals surface area contributed by atoms with Gasteiger partial charge >= 0.3 is 8.69 Å². The molecule has 0 aromatic carbocycles. The number of hydrogen-bond acceptors (Lipinski definition) is 2. The van der Waals surface area contributed by atoms with Crippen LogP contribution in [0.15, 0.2) is 0 Å². The van der Waals surface area contributed by atoms with Crippen LogP contribution in [0.5, 0.6) is 0 Å². The molecule has 0 saturated heterocycles. The molecule has 0 heterocycles. The van der Waals surface area contributed by atoms with Crippen molar-refractivity contribution in [3.63, 3.8) is 0 Å². The maximum atomic E-state index is 12.9. The van der Waals surface area contributed by atoms with Crippen molar-refractivity contribution in [3.8, 4) is 0 Å². The Balaban J connectivity index is 3.07. The molecule has 0 aliphatic rings. The van der Waals surface area contributed by atoms with Gasteiger partial charge in [-0.15, -0.1) is 0 Å². The number of hydrogen-bond donors (Lipinski definition) is 0. The number of rotatable bonds is 10. The summed E-state index contributed by atoms with van der Waals surface area (Å²) in [7, 11) is -2.11.